The lowest BCUT2D eigenvalue weighted by molar-refractivity contribution is 0.153. The average Bonchev–Trinajstić information content (AvgIpc) is 2.82. The van der Waals surface area contributed by atoms with Crippen LogP contribution in [-0.4, -0.2) is 15.7 Å². The van der Waals surface area contributed by atoms with Gasteiger partial charge < -0.3 is 15.0 Å². The summed E-state index contributed by atoms with van der Waals surface area (Å²) in [6.45, 7) is 2.80. The fraction of sp³-hybridized carbons (Fsp3) is 0.375. The number of aliphatic hydroxyl groups excluding tert-OH is 1. The molecule has 0 fully saturated rings. The molecule has 4 heteroatoms. The topological polar surface area (TPSA) is 37.2 Å². The van der Waals surface area contributed by atoms with Crippen molar-refractivity contribution in [1.82, 2.24) is 9.88 Å². The van der Waals surface area contributed by atoms with Gasteiger partial charge in [0.25, 0.3) is 0 Å². The Morgan fingerprint density at radius 3 is 2.55 bits per heavy atom. The van der Waals surface area contributed by atoms with Gasteiger partial charge in [-0.1, -0.05) is 12.1 Å². The Bertz CT molecular complexity index is 536. The molecule has 2 atom stereocenters. The summed E-state index contributed by atoms with van der Waals surface area (Å²) in [5.41, 5.74) is 1.95. The van der Waals surface area contributed by atoms with Gasteiger partial charge in [-0.3, -0.25) is 0 Å². The van der Waals surface area contributed by atoms with Gasteiger partial charge in [-0.25, -0.2) is 4.39 Å². The zero-order chi connectivity index (χ0) is 14.5. The molecule has 0 aliphatic carbocycles. The van der Waals surface area contributed by atoms with Crippen LogP contribution in [0.2, 0.25) is 0 Å². The Labute approximate surface area is 119 Å². The molecule has 0 radical (unpaired) electrons. The predicted molar refractivity (Wildman–Crippen MR) is 77.7 cm³/mol. The van der Waals surface area contributed by atoms with Gasteiger partial charge in [-0.05, 0) is 43.2 Å². The largest absolute Gasteiger partial charge is 0.388 e. The first-order valence-corrected chi connectivity index (χ1v) is 6.83. The molecule has 0 amide bonds. The molecule has 20 heavy (non-hydrogen) atoms. The van der Waals surface area contributed by atoms with Crippen LogP contribution in [0, 0.1) is 5.82 Å². The van der Waals surface area contributed by atoms with Gasteiger partial charge in [0.05, 0.1) is 6.10 Å². The van der Waals surface area contributed by atoms with Crippen LogP contribution in [0.25, 0.3) is 0 Å². The molecule has 1 heterocycles. The van der Waals surface area contributed by atoms with Gasteiger partial charge in [-0.15, -0.1) is 0 Å². The van der Waals surface area contributed by atoms with Crippen LogP contribution >= 0.6 is 0 Å². The van der Waals surface area contributed by atoms with Crippen LogP contribution < -0.4 is 5.32 Å². The first-order valence-electron chi connectivity index (χ1n) is 6.83. The first kappa shape index (κ1) is 14.8. The van der Waals surface area contributed by atoms with Crippen LogP contribution in [0.4, 0.5) is 4.39 Å². The van der Waals surface area contributed by atoms with Gasteiger partial charge in [0.2, 0.25) is 0 Å². The highest BCUT2D eigenvalue weighted by atomic mass is 19.1. The van der Waals surface area contributed by atoms with E-state index in [4.69, 9.17) is 0 Å². The molecule has 0 bridgehead atoms. The second kappa shape index (κ2) is 6.68. The summed E-state index contributed by atoms with van der Waals surface area (Å²) in [7, 11) is 2.01. The standard InChI is InChI=1S/C16H21FN2O/c1-12(18-11-15-4-3-9-19(15)2)10-16(20)13-5-7-14(17)8-6-13/h3-9,12,16,18,20H,10-11H2,1-2H3/t12-,16+/m1/s1. The smallest absolute Gasteiger partial charge is 0.123 e. The molecular weight excluding hydrogens is 255 g/mol. The molecule has 2 rings (SSSR count). The van der Waals surface area contributed by atoms with Crippen molar-refractivity contribution in [3.05, 3.63) is 59.7 Å². The van der Waals surface area contributed by atoms with Gasteiger partial charge in [0.15, 0.2) is 0 Å². The maximum Gasteiger partial charge on any atom is 0.123 e. The average molecular weight is 276 g/mol. The molecule has 0 spiro atoms. The molecule has 0 unspecified atom stereocenters. The summed E-state index contributed by atoms with van der Waals surface area (Å²) < 4.78 is 14.9. The second-order valence-corrected chi connectivity index (χ2v) is 5.20. The lowest BCUT2D eigenvalue weighted by Gasteiger charge is -2.18. The molecule has 0 saturated heterocycles. The number of rotatable bonds is 6. The molecular formula is C16H21FN2O. The third-order valence-electron chi connectivity index (χ3n) is 3.51. The molecule has 1 aromatic heterocycles. The molecule has 2 N–H and O–H groups in total. The minimum atomic E-state index is -0.577. The highest BCUT2D eigenvalue weighted by Crippen LogP contribution is 2.18. The van der Waals surface area contributed by atoms with E-state index in [1.807, 2.05) is 26.2 Å². The zero-order valence-electron chi connectivity index (χ0n) is 11.9. The van der Waals surface area contributed by atoms with Crippen molar-refractivity contribution in [2.45, 2.75) is 32.0 Å². The van der Waals surface area contributed by atoms with E-state index in [-0.39, 0.29) is 11.9 Å². The number of benzene rings is 1. The molecule has 1 aromatic carbocycles. The van der Waals surface area contributed by atoms with E-state index in [1.54, 1.807) is 12.1 Å². The van der Waals surface area contributed by atoms with Crippen molar-refractivity contribution in [3.63, 3.8) is 0 Å². The SMILES string of the molecule is C[C@H](C[C@H](O)c1ccc(F)cc1)NCc1cccn1C. The normalized spacial score (nSPS) is 14.2. The fourth-order valence-corrected chi connectivity index (χ4v) is 2.20. The van der Waals surface area contributed by atoms with Crippen LogP contribution in [0.3, 0.4) is 0 Å². The van der Waals surface area contributed by atoms with E-state index in [2.05, 4.69) is 16.0 Å². The number of aryl methyl sites for hydroxylation is 1. The molecule has 0 saturated carbocycles. The predicted octanol–water partition coefficient (Wildman–Crippen LogP) is 2.77. The van der Waals surface area contributed by atoms with Crippen LogP contribution in [-0.2, 0) is 13.6 Å². The van der Waals surface area contributed by atoms with Gasteiger partial charge >= 0.3 is 0 Å². The van der Waals surface area contributed by atoms with Crippen molar-refractivity contribution in [2.24, 2.45) is 7.05 Å². The third-order valence-corrected chi connectivity index (χ3v) is 3.51. The Hall–Kier alpha value is -1.65. The number of nitrogens with zero attached hydrogens (tertiary/aromatic N) is 1. The van der Waals surface area contributed by atoms with Gasteiger partial charge in [0, 0.05) is 31.5 Å². The summed E-state index contributed by atoms with van der Waals surface area (Å²) in [5.74, 6) is -0.282. The summed E-state index contributed by atoms with van der Waals surface area (Å²) in [5, 5.41) is 13.5. The van der Waals surface area contributed by atoms with E-state index < -0.39 is 6.10 Å². The lowest BCUT2D eigenvalue weighted by Crippen LogP contribution is -2.28. The van der Waals surface area contributed by atoms with Gasteiger partial charge in [0.1, 0.15) is 5.82 Å². The van der Waals surface area contributed by atoms with Crippen LogP contribution in [0.1, 0.15) is 30.7 Å². The van der Waals surface area contributed by atoms with E-state index in [9.17, 15) is 9.50 Å². The quantitative estimate of drug-likeness (QED) is 0.851. The fourth-order valence-electron chi connectivity index (χ4n) is 2.20. The molecule has 108 valence electrons. The summed E-state index contributed by atoms with van der Waals surface area (Å²) in [4.78, 5) is 0. The number of hydrogen-bond donors (Lipinski definition) is 2. The van der Waals surface area contributed by atoms with E-state index in [1.165, 1.54) is 17.8 Å². The number of aromatic nitrogens is 1. The van der Waals surface area contributed by atoms with E-state index in [0.717, 1.165) is 12.1 Å². The number of hydrogen-bond acceptors (Lipinski definition) is 2. The highest BCUT2D eigenvalue weighted by Gasteiger charge is 2.12. The van der Waals surface area contributed by atoms with Crippen molar-refractivity contribution in [1.29, 1.82) is 0 Å². The summed E-state index contributed by atoms with van der Waals surface area (Å²) >= 11 is 0. The van der Waals surface area contributed by atoms with Crippen LogP contribution in [0.15, 0.2) is 42.6 Å². The van der Waals surface area contributed by atoms with Crippen molar-refractivity contribution in [3.8, 4) is 0 Å². The number of aliphatic hydroxyl groups is 1. The second-order valence-electron chi connectivity index (χ2n) is 5.20. The Morgan fingerprint density at radius 1 is 1.25 bits per heavy atom. The van der Waals surface area contributed by atoms with Crippen molar-refractivity contribution < 1.29 is 9.50 Å². The van der Waals surface area contributed by atoms with Crippen molar-refractivity contribution >= 4 is 0 Å². The maximum absolute atomic E-state index is 12.8. The number of nitrogens with one attached hydrogen (secondary N) is 1. The summed E-state index contributed by atoms with van der Waals surface area (Å²) in [6.07, 6.45) is 2.02. The minimum Gasteiger partial charge on any atom is -0.388 e. The third kappa shape index (κ3) is 3.92. The monoisotopic (exact) mass is 276 g/mol. The molecule has 0 aliphatic rings. The van der Waals surface area contributed by atoms with E-state index >= 15 is 0 Å². The lowest BCUT2D eigenvalue weighted by atomic mass is 10.0. The Morgan fingerprint density at radius 2 is 1.95 bits per heavy atom. The zero-order valence-corrected chi connectivity index (χ0v) is 11.9. The molecule has 2 aromatic rings. The first-order chi connectivity index (χ1) is 9.56. The van der Waals surface area contributed by atoms with Gasteiger partial charge in [-0.2, -0.15) is 0 Å². The highest BCUT2D eigenvalue weighted by molar-refractivity contribution is 5.18. The molecule has 0 aliphatic heterocycles. The maximum atomic E-state index is 12.8. The van der Waals surface area contributed by atoms with Crippen LogP contribution in [0.5, 0.6) is 0 Å². The Kier molecular flexibility index (Phi) is 4.93. The van der Waals surface area contributed by atoms with Crippen molar-refractivity contribution in [2.75, 3.05) is 0 Å². The minimum absolute atomic E-state index is 0.171. The number of halogens is 1. The summed E-state index contributed by atoms with van der Waals surface area (Å²) in [6, 6.07) is 10.3. The Balaban J connectivity index is 1.83. The van der Waals surface area contributed by atoms with E-state index in [0.29, 0.717) is 6.42 Å². The molecule has 3 nitrogen and oxygen atoms in total.